The molecule has 0 bridgehead atoms. The lowest BCUT2D eigenvalue weighted by Crippen LogP contribution is -1.99. The van der Waals surface area contributed by atoms with Crippen LogP contribution in [0.15, 0.2) is 42.5 Å². The van der Waals surface area contributed by atoms with Gasteiger partial charge in [0.25, 0.3) is 0 Å². The maximum Gasteiger partial charge on any atom is 0.155 e. The van der Waals surface area contributed by atoms with Gasteiger partial charge in [-0.1, -0.05) is 29.8 Å². The van der Waals surface area contributed by atoms with Crippen LogP contribution in [0.3, 0.4) is 0 Å². The van der Waals surface area contributed by atoms with Crippen LogP contribution in [0.2, 0.25) is 5.02 Å². The van der Waals surface area contributed by atoms with E-state index in [9.17, 15) is 4.79 Å². The fourth-order valence-electron chi connectivity index (χ4n) is 1.68. The minimum Gasteiger partial charge on any atom is -0.497 e. The Balaban J connectivity index is 2.14. The van der Waals surface area contributed by atoms with Gasteiger partial charge in [-0.25, -0.2) is 0 Å². The number of carbonyl (C=O) groups is 1. The molecule has 0 aliphatic heterocycles. The van der Waals surface area contributed by atoms with Crippen molar-refractivity contribution in [3.8, 4) is 11.5 Å². The van der Waals surface area contributed by atoms with Crippen molar-refractivity contribution >= 4 is 17.9 Å². The number of aldehydes is 1. The molecular weight excluding hydrogens is 264 g/mol. The summed E-state index contributed by atoms with van der Waals surface area (Å²) in [6.45, 7) is 0.346. The Morgan fingerprint density at radius 3 is 2.74 bits per heavy atom. The Bertz CT molecular complexity index is 581. The molecule has 0 aromatic heterocycles. The summed E-state index contributed by atoms with van der Waals surface area (Å²) in [7, 11) is 1.61. The minimum absolute atomic E-state index is 0.346. The molecule has 2 aromatic rings. The van der Waals surface area contributed by atoms with Gasteiger partial charge in [0.15, 0.2) is 6.29 Å². The van der Waals surface area contributed by atoms with Crippen molar-refractivity contribution in [2.75, 3.05) is 7.11 Å². The summed E-state index contributed by atoms with van der Waals surface area (Å²) in [6, 6.07) is 12.7. The van der Waals surface area contributed by atoms with Gasteiger partial charge in [0, 0.05) is 0 Å². The van der Waals surface area contributed by atoms with Crippen molar-refractivity contribution in [2.45, 2.75) is 6.61 Å². The highest BCUT2D eigenvalue weighted by Gasteiger charge is 2.07. The van der Waals surface area contributed by atoms with Gasteiger partial charge in [-0.3, -0.25) is 4.79 Å². The zero-order valence-electron chi connectivity index (χ0n) is 10.4. The van der Waals surface area contributed by atoms with Gasteiger partial charge in [0.2, 0.25) is 0 Å². The van der Waals surface area contributed by atoms with Crippen molar-refractivity contribution in [3.05, 3.63) is 58.6 Å². The molecule has 19 heavy (non-hydrogen) atoms. The molecule has 0 amide bonds. The van der Waals surface area contributed by atoms with E-state index in [4.69, 9.17) is 21.1 Å². The van der Waals surface area contributed by atoms with E-state index in [1.54, 1.807) is 25.3 Å². The quantitative estimate of drug-likeness (QED) is 0.781. The standard InChI is InChI=1S/C15H13ClO3/c1-18-12-5-2-4-11(8-12)10-19-15-7-3-6-14(16)13(15)9-17/h2-9H,10H2,1H3. The molecule has 0 saturated carbocycles. The molecule has 0 unspecified atom stereocenters. The van der Waals surface area contributed by atoms with E-state index in [0.29, 0.717) is 29.2 Å². The number of hydrogen-bond acceptors (Lipinski definition) is 3. The number of benzene rings is 2. The van der Waals surface area contributed by atoms with E-state index in [1.807, 2.05) is 24.3 Å². The highest BCUT2D eigenvalue weighted by atomic mass is 35.5. The Hall–Kier alpha value is -2.00. The average molecular weight is 277 g/mol. The van der Waals surface area contributed by atoms with Crippen molar-refractivity contribution in [1.82, 2.24) is 0 Å². The SMILES string of the molecule is COc1cccc(COc2cccc(Cl)c2C=O)c1. The summed E-state index contributed by atoms with van der Waals surface area (Å²) in [5.74, 6) is 1.24. The van der Waals surface area contributed by atoms with E-state index in [-0.39, 0.29) is 0 Å². The predicted molar refractivity (Wildman–Crippen MR) is 74.2 cm³/mol. The number of rotatable bonds is 5. The topological polar surface area (TPSA) is 35.5 Å². The average Bonchev–Trinajstić information content (AvgIpc) is 2.45. The van der Waals surface area contributed by atoms with Crippen LogP contribution < -0.4 is 9.47 Å². The maximum atomic E-state index is 11.0. The zero-order chi connectivity index (χ0) is 13.7. The third kappa shape index (κ3) is 3.26. The molecule has 0 atom stereocenters. The highest BCUT2D eigenvalue weighted by Crippen LogP contribution is 2.25. The van der Waals surface area contributed by atoms with E-state index in [1.165, 1.54) is 0 Å². The van der Waals surface area contributed by atoms with Crippen LogP contribution in [0.1, 0.15) is 15.9 Å². The summed E-state index contributed by atoms with van der Waals surface area (Å²) < 4.78 is 10.8. The second kappa shape index (κ2) is 6.25. The molecule has 0 saturated heterocycles. The van der Waals surface area contributed by atoms with Gasteiger partial charge >= 0.3 is 0 Å². The molecule has 2 rings (SSSR count). The van der Waals surface area contributed by atoms with Crippen LogP contribution in [0.25, 0.3) is 0 Å². The summed E-state index contributed by atoms with van der Waals surface area (Å²) in [6.07, 6.45) is 0.698. The van der Waals surface area contributed by atoms with Gasteiger partial charge in [-0.15, -0.1) is 0 Å². The predicted octanol–water partition coefficient (Wildman–Crippen LogP) is 3.74. The van der Waals surface area contributed by atoms with Gasteiger partial charge in [-0.2, -0.15) is 0 Å². The molecule has 0 aliphatic carbocycles. The van der Waals surface area contributed by atoms with Crippen LogP contribution in [-0.4, -0.2) is 13.4 Å². The van der Waals surface area contributed by atoms with E-state index >= 15 is 0 Å². The fourth-order valence-corrected chi connectivity index (χ4v) is 1.89. The molecule has 4 heteroatoms. The van der Waals surface area contributed by atoms with Gasteiger partial charge in [0.1, 0.15) is 18.1 Å². The molecule has 3 nitrogen and oxygen atoms in total. The molecule has 0 heterocycles. The van der Waals surface area contributed by atoms with Gasteiger partial charge in [-0.05, 0) is 29.8 Å². The Kier molecular flexibility index (Phi) is 4.42. The van der Waals surface area contributed by atoms with E-state index in [2.05, 4.69) is 0 Å². The summed E-state index contributed by atoms with van der Waals surface area (Å²) in [4.78, 5) is 11.0. The molecule has 2 aromatic carbocycles. The number of halogens is 1. The monoisotopic (exact) mass is 276 g/mol. The Labute approximate surface area is 116 Å². The first-order valence-corrected chi connectivity index (χ1v) is 6.12. The Morgan fingerprint density at radius 2 is 2.00 bits per heavy atom. The van der Waals surface area contributed by atoms with Crippen molar-refractivity contribution in [3.63, 3.8) is 0 Å². The number of ether oxygens (including phenoxy) is 2. The van der Waals surface area contributed by atoms with Crippen LogP contribution in [0, 0.1) is 0 Å². The second-order valence-corrected chi connectivity index (χ2v) is 4.32. The summed E-state index contributed by atoms with van der Waals surface area (Å²) >= 11 is 5.93. The molecular formula is C15H13ClO3. The molecule has 0 spiro atoms. The van der Waals surface area contributed by atoms with Crippen LogP contribution in [-0.2, 0) is 6.61 Å². The lowest BCUT2D eigenvalue weighted by atomic mass is 10.2. The molecule has 0 N–H and O–H groups in total. The van der Waals surface area contributed by atoms with Crippen molar-refractivity contribution in [2.24, 2.45) is 0 Å². The number of methoxy groups -OCH3 is 1. The number of hydrogen-bond donors (Lipinski definition) is 0. The van der Waals surface area contributed by atoms with Crippen LogP contribution >= 0.6 is 11.6 Å². The maximum absolute atomic E-state index is 11.0. The molecule has 0 radical (unpaired) electrons. The highest BCUT2D eigenvalue weighted by molar-refractivity contribution is 6.33. The van der Waals surface area contributed by atoms with E-state index in [0.717, 1.165) is 11.3 Å². The summed E-state index contributed by atoms with van der Waals surface area (Å²) in [5, 5.41) is 0.387. The summed E-state index contributed by atoms with van der Waals surface area (Å²) in [5.41, 5.74) is 1.32. The lowest BCUT2D eigenvalue weighted by Gasteiger charge is -2.10. The zero-order valence-corrected chi connectivity index (χ0v) is 11.2. The molecule has 0 aliphatic rings. The minimum atomic E-state index is 0.346. The first kappa shape index (κ1) is 13.4. The normalized spacial score (nSPS) is 10.0. The second-order valence-electron chi connectivity index (χ2n) is 3.91. The number of carbonyl (C=O) groups excluding carboxylic acids is 1. The molecule has 98 valence electrons. The smallest absolute Gasteiger partial charge is 0.155 e. The Morgan fingerprint density at radius 1 is 1.21 bits per heavy atom. The third-order valence-electron chi connectivity index (χ3n) is 2.66. The third-order valence-corrected chi connectivity index (χ3v) is 2.99. The van der Waals surface area contributed by atoms with Crippen LogP contribution in [0.5, 0.6) is 11.5 Å². The van der Waals surface area contributed by atoms with Crippen molar-refractivity contribution in [1.29, 1.82) is 0 Å². The van der Waals surface area contributed by atoms with Gasteiger partial charge in [0.05, 0.1) is 17.7 Å². The lowest BCUT2D eigenvalue weighted by molar-refractivity contribution is 0.111. The molecule has 0 fully saturated rings. The largest absolute Gasteiger partial charge is 0.497 e. The van der Waals surface area contributed by atoms with Gasteiger partial charge < -0.3 is 9.47 Å². The first-order chi connectivity index (χ1) is 9.24. The van der Waals surface area contributed by atoms with E-state index < -0.39 is 0 Å². The van der Waals surface area contributed by atoms with Crippen LogP contribution in [0.4, 0.5) is 0 Å². The van der Waals surface area contributed by atoms with Crippen molar-refractivity contribution < 1.29 is 14.3 Å². The first-order valence-electron chi connectivity index (χ1n) is 5.74. The fraction of sp³-hybridized carbons (Fsp3) is 0.133.